The second-order valence-electron chi connectivity index (χ2n) is 14.8. The van der Waals surface area contributed by atoms with Crippen molar-refractivity contribution in [1.82, 2.24) is 26.6 Å². The first-order valence-corrected chi connectivity index (χ1v) is 18.7. The van der Waals surface area contributed by atoms with Gasteiger partial charge in [-0.2, -0.15) is 0 Å². The van der Waals surface area contributed by atoms with Gasteiger partial charge in [-0.05, 0) is 62.4 Å². The van der Waals surface area contributed by atoms with Crippen LogP contribution in [0, 0.1) is 5.92 Å². The van der Waals surface area contributed by atoms with Crippen molar-refractivity contribution in [3.05, 3.63) is 102 Å². The van der Waals surface area contributed by atoms with Crippen molar-refractivity contribution < 1.29 is 48.1 Å². The van der Waals surface area contributed by atoms with Crippen LogP contribution in [0.25, 0.3) is 0 Å². The van der Waals surface area contributed by atoms with E-state index in [9.17, 15) is 33.9 Å². The van der Waals surface area contributed by atoms with E-state index in [4.69, 9.17) is 14.2 Å². The molecular formula is C42H55N5O10. The second kappa shape index (κ2) is 22.0. The van der Waals surface area contributed by atoms with Gasteiger partial charge in [-0.3, -0.25) is 19.2 Å². The molecule has 0 aliphatic heterocycles. The number of carbonyl (C=O) groups is 6. The van der Waals surface area contributed by atoms with Crippen LogP contribution in [0.5, 0.6) is 5.75 Å². The van der Waals surface area contributed by atoms with Gasteiger partial charge >= 0.3 is 12.1 Å². The van der Waals surface area contributed by atoms with Crippen LogP contribution >= 0.6 is 0 Å². The first kappa shape index (κ1) is 45.4. The summed E-state index contributed by atoms with van der Waals surface area (Å²) in [6.07, 6.45) is -2.17. The number of rotatable bonds is 19. The fourth-order valence-electron chi connectivity index (χ4n) is 5.48. The van der Waals surface area contributed by atoms with Gasteiger partial charge in [-0.1, -0.05) is 86.6 Å². The lowest BCUT2D eigenvalue weighted by molar-refractivity contribution is -0.148. The van der Waals surface area contributed by atoms with Crippen LogP contribution < -0.4 is 31.3 Å². The molecule has 5 atom stereocenters. The molecule has 0 aliphatic carbocycles. The molecular weight excluding hydrogens is 734 g/mol. The summed E-state index contributed by atoms with van der Waals surface area (Å²) in [5.74, 6) is -3.62. The van der Waals surface area contributed by atoms with Gasteiger partial charge in [-0.15, -0.1) is 0 Å². The smallest absolute Gasteiger partial charge is 0.408 e. The number of aliphatic hydroxyl groups excluding tert-OH is 1. The van der Waals surface area contributed by atoms with E-state index in [0.717, 1.165) is 12.7 Å². The van der Waals surface area contributed by atoms with Crippen LogP contribution in [-0.4, -0.2) is 90.3 Å². The number of carbonyl (C=O) groups excluding carboxylic acids is 6. The summed E-state index contributed by atoms with van der Waals surface area (Å²) in [6.45, 7) is 9.64. The average molecular weight is 790 g/mol. The topological polar surface area (TPSA) is 210 Å². The normalized spacial score (nSPS) is 13.8. The van der Waals surface area contributed by atoms with Crippen LogP contribution in [0.4, 0.5) is 4.79 Å². The highest BCUT2D eigenvalue weighted by atomic mass is 16.6. The Kier molecular flexibility index (Phi) is 17.5. The Labute approximate surface area is 333 Å². The van der Waals surface area contributed by atoms with E-state index in [1.54, 1.807) is 89.2 Å². The molecule has 0 aliphatic rings. The number of nitrogens with one attached hydrogen (secondary N) is 5. The largest absolute Gasteiger partial charge is 0.489 e. The van der Waals surface area contributed by atoms with E-state index in [-0.39, 0.29) is 12.8 Å². The molecule has 6 N–H and O–H groups in total. The summed E-state index contributed by atoms with van der Waals surface area (Å²) < 4.78 is 15.8. The number of methoxy groups -OCH3 is 1. The number of alkyl carbamates (subject to hydrolysis) is 1. The lowest BCUT2D eigenvalue weighted by Gasteiger charge is -2.28. The molecule has 15 heteroatoms. The van der Waals surface area contributed by atoms with Crippen molar-refractivity contribution in [2.24, 2.45) is 5.92 Å². The van der Waals surface area contributed by atoms with E-state index in [0.29, 0.717) is 23.5 Å². The van der Waals surface area contributed by atoms with Crippen LogP contribution in [0.3, 0.4) is 0 Å². The molecule has 0 bridgehead atoms. The minimum absolute atomic E-state index is 0.0115. The molecule has 0 spiro atoms. The van der Waals surface area contributed by atoms with Crippen LogP contribution in [-0.2, 0) is 52.9 Å². The highest BCUT2D eigenvalue weighted by Crippen LogP contribution is 2.16. The fraction of sp³-hybridized carbons (Fsp3) is 0.429. The van der Waals surface area contributed by atoms with Crippen molar-refractivity contribution in [3.8, 4) is 5.75 Å². The van der Waals surface area contributed by atoms with Crippen molar-refractivity contribution in [2.75, 3.05) is 13.7 Å². The summed E-state index contributed by atoms with van der Waals surface area (Å²) in [5, 5.41) is 23.2. The predicted molar refractivity (Wildman–Crippen MR) is 212 cm³/mol. The van der Waals surface area contributed by atoms with Crippen molar-refractivity contribution in [2.45, 2.75) is 96.9 Å². The van der Waals surface area contributed by atoms with Gasteiger partial charge in [0, 0.05) is 12.8 Å². The zero-order valence-corrected chi connectivity index (χ0v) is 33.5. The summed E-state index contributed by atoms with van der Waals surface area (Å²) in [7, 11) is 1.12. The van der Waals surface area contributed by atoms with Gasteiger partial charge < -0.3 is 45.9 Å². The highest BCUT2D eigenvalue weighted by Gasteiger charge is 2.34. The quantitative estimate of drug-likeness (QED) is 0.0979. The van der Waals surface area contributed by atoms with E-state index < -0.39 is 84.0 Å². The summed E-state index contributed by atoms with van der Waals surface area (Å²) >= 11 is 0. The van der Waals surface area contributed by atoms with Crippen molar-refractivity contribution in [1.29, 1.82) is 0 Å². The zero-order chi connectivity index (χ0) is 42.1. The van der Waals surface area contributed by atoms with Gasteiger partial charge in [-0.25, -0.2) is 9.59 Å². The highest BCUT2D eigenvalue weighted by molar-refractivity contribution is 5.96. The third-order valence-corrected chi connectivity index (χ3v) is 8.45. The van der Waals surface area contributed by atoms with E-state index in [2.05, 4.69) is 26.6 Å². The second-order valence-corrected chi connectivity index (χ2v) is 14.8. The van der Waals surface area contributed by atoms with Gasteiger partial charge in [0.1, 0.15) is 42.6 Å². The molecule has 0 fully saturated rings. The molecule has 308 valence electrons. The standard InChI is InChI=1S/C42H55N5O10/c1-26(2)35(46-34(49)24-43-41(54)57-42(4,5)6)39(52)45-32(22-28-14-10-8-11-15-28)37(50)44-33(38(51)47-36(27(3)48)40(53)55-7)23-29-18-20-31(21-19-29)56-25-30-16-12-9-13-17-30/h8-21,26-27,32-33,35-36,48H,22-25H2,1-7H3,(H,43,54)(H,44,50)(H,45,52)(H,46,49)(H,47,51). The Bertz CT molecular complexity index is 1780. The average Bonchev–Trinajstić information content (AvgIpc) is 3.16. The Balaban J connectivity index is 1.85. The third kappa shape index (κ3) is 16.0. The number of ether oxygens (including phenoxy) is 3. The Morgan fingerprint density at radius 3 is 1.67 bits per heavy atom. The van der Waals surface area contributed by atoms with Crippen LogP contribution in [0.1, 0.15) is 58.2 Å². The Hall–Kier alpha value is -5.96. The minimum Gasteiger partial charge on any atom is -0.489 e. The number of benzene rings is 3. The van der Waals surface area contributed by atoms with Gasteiger partial charge in [0.05, 0.1) is 13.2 Å². The minimum atomic E-state index is -1.43. The van der Waals surface area contributed by atoms with Gasteiger partial charge in [0.15, 0.2) is 6.04 Å². The number of hydrogen-bond donors (Lipinski definition) is 6. The zero-order valence-electron chi connectivity index (χ0n) is 33.5. The fourth-order valence-corrected chi connectivity index (χ4v) is 5.48. The molecule has 3 aromatic rings. The maximum absolute atomic E-state index is 14.2. The summed E-state index contributed by atoms with van der Waals surface area (Å²) in [6, 6.07) is 20.3. The molecule has 15 nitrogen and oxygen atoms in total. The summed E-state index contributed by atoms with van der Waals surface area (Å²) in [5.41, 5.74) is 1.52. The SMILES string of the molecule is COC(=O)C(NC(=O)C(Cc1ccc(OCc2ccccc2)cc1)NC(=O)C(Cc1ccccc1)NC(=O)C(NC(=O)CNC(=O)OC(C)(C)C)C(C)C)C(C)O. The molecule has 5 amide bonds. The first-order chi connectivity index (χ1) is 26.9. The lowest BCUT2D eigenvalue weighted by atomic mass is 10.00. The number of esters is 1. The van der Waals surface area contributed by atoms with E-state index in [1.807, 2.05) is 30.3 Å². The molecule has 0 saturated heterocycles. The Morgan fingerprint density at radius 1 is 0.649 bits per heavy atom. The first-order valence-electron chi connectivity index (χ1n) is 18.7. The molecule has 0 saturated carbocycles. The molecule has 3 aromatic carbocycles. The van der Waals surface area contributed by atoms with Crippen molar-refractivity contribution >= 4 is 35.7 Å². The lowest BCUT2D eigenvalue weighted by Crippen LogP contribution is -2.60. The molecule has 57 heavy (non-hydrogen) atoms. The monoisotopic (exact) mass is 789 g/mol. The molecule has 5 unspecified atom stereocenters. The third-order valence-electron chi connectivity index (χ3n) is 8.45. The van der Waals surface area contributed by atoms with Crippen LogP contribution in [0.2, 0.25) is 0 Å². The Morgan fingerprint density at radius 2 is 1.16 bits per heavy atom. The molecule has 0 aromatic heterocycles. The van der Waals surface area contributed by atoms with E-state index in [1.165, 1.54) is 6.92 Å². The van der Waals surface area contributed by atoms with Crippen LogP contribution in [0.15, 0.2) is 84.9 Å². The molecule has 3 rings (SSSR count). The van der Waals surface area contributed by atoms with Gasteiger partial charge in [0.2, 0.25) is 23.6 Å². The maximum atomic E-state index is 14.2. The summed E-state index contributed by atoms with van der Waals surface area (Å²) in [4.78, 5) is 79.1. The number of hydrogen-bond acceptors (Lipinski definition) is 10. The number of amides is 5. The maximum Gasteiger partial charge on any atom is 0.408 e. The number of aliphatic hydroxyl groups is 1. The molecule has 0 radical (unpaired) electrons. The van der Waals surface area contributed by atoms with E-state index >= 15 is 0 Å². The van der Waals surface area contributed by atoms with Crippen molar-refractivity contribution in [3.63, 3.8) is 0 Å². The predicted octanol–water partition coefficient (Wildman–Crippen LogP) is 2.72. The molecule has 0 heterocycles. The van der Waals surface area contributed by atoms with Gasteiger partial charge in [0.25, 0.3) is 0 Å².